The van der Waals surface area contributed by atoms with Crippen molar-refractivity contribution in [2.24, 2.45) is 0 Å². The number of fused-ring (bicyclic) bond motifs is 1. The SMILES string of the molecule is Cc1cccc(NC(=O)COC(=O)c2ccc3ccccc3c2O)c1. The second-order valence-electron chi connectivity index (χ2n) is 5.68. The van der Waals surface area contributed by atoms with Gasteiger partial charge in [-0.1, -0.05) is 42.5 Å². The van der Waals surface area contributed by atoms with Crippen molar-refractivity contribution in [1.29, 1.82) is 0 Å². The fourth-order valence-electron chi connectivity index (χ4n) is 2.55. The first-order chi connectivity index (χ1) is 12.0. The Morgan fingerprint density at radius 3 is 2.64 bits per heavy atom. The fraction of sp³-hybridized carbons (Fsp3) is 0.100. The van der Waals surface area contributed by atoms with Crippen LogP contribution in [0.25, 0.3) is 10.8 Å². The minimum Gasteiger partial charge on any atom is -0.506 e. The second kappa shape index (κ2) is 7.05. The van der Waals surface area contributed by atoms with Gasteiger partial charge in [0.25, 0.3) is 5.91 Å². The Hall–Kier alpha value is -3.34. The van der Waals surface area contributed by atoms with Crippen molar-refractivity contribution in [1.82, 2.24) is 0 Å². The number of benzene rings is 3. The summed E-state index contributed by atoms with van der Waals surface area (Å²) in [5.74, 6) is -1.34. The van der Waals surface area contributed by atoms with Crippen molar-refractivity contribution in [3.8, 4) is 5.75 Å². The van der Waals surface area contributed by atoms with E-state index >= 15 is 0 Å². The molecule has 0 heterocycles. The topological polar surface area (TPSA) is 75.6 Å². The highest BCUT2D eigenvalue weighted by Gasteiger charge is 2.16. The molecule has 5 heteroatoms. The molecule has 0 aliphatic rings. The van der Waals surface area contributed by atoms with E-state index in [-0.39, 0.29) is 11.3 Å². The maximum atomic E-state index is 12.2. The minimum atomic E-state index is -0.748. The van der Waals surface area contributed by atoms with Crippen molar-refractivity contribution in [3.63, 3.8) is 0 Å². The number of aromatic hydroxyl groups is 1. The molecule has 126 valence electrons. The molecule has 0 radical (unpaired) electrons. The van der Waals surface area contributed by atoms with Crippen LogP contribution in [0.5, 0.6) is 5.75 Å². The third-order valence-electron chi connectivity index (χ3n) is 3.76. The number of aryl methyl sites for hydroxylation is 1. The van der Waals surface area contributed by atoms with Crippen LogP contribution in [0.3, 0.4) is 0 Å². The van der Waals surface area contributed by atoms with Gasteiger partial charge in [0.05, 0.1) is 0 Å². The predicted octanol–water partition coefficient (Wildman–Crippen LogP) is 3.65. The molecule has 3 aromatic rings. The number of hydrogen-bond donors (Lipinski definition) is 2. The third-order valence-corrected chi connectivity index (χ3v) is 3.76. The lowest BCUT2D eigenvalue weighted by atomic mass is 10.1. The quantitative estimate of drug-likeness (QED) is 0.714. The highest BCUT2D eigenvalue weighted by Crippen LogP contribution is 2.28. The minimum absolute atomic E-state index is 0.0297. The Morgan fingerprint density at radius 1 is 1.04 bits per heavy atom. The largest absolute Gasteiger partial charge is 0.506 e. The number of rotatable bonds is 4. The van der Waals surface area contributed by atoms with E-state index in [2.05, 4.69) is 5.32 Å². The summed E-state index contributed by atoms with van der Waals surface area (Å²) in [6.07, 6.45) is 0. The van der Waals surface area contributed by atoms with Crippen LogP contribution in [0.15, 0.2) is 60.7 Å². The molecule has 0 spiro atoms. The summed E-state index contributed by atoms with van der Waals surface area (Å²) in [5, 5.41) is 14.3. The van der Waals surface area contributed by atoms with E-state index in [1.165, 1.54) is 6.07 Å². The smallest absolute Gasteiger partial charge is 0.342 e. The summed E-state index contributed by atoms with van der Waals surface area (Å²) >= 11 is 0. The monoisotopic (exact) mass is 335 g/mol. The number of nitrogens with one attached hydrogen (secondary N) is 1. The van der Waals surface area contributed by atoms with Gasteiger partial charge in [0.1, 0.15) is 11.3 Å². The van der Waals surface area contributed by atoms with Crippen molar-refractivity contribution in [2.45, 2.75) is 6.92 Å². The molecule has 25 heavy (non-hydrogen) atoms. The van der Waals surface area contributed by atoms with Crippen LogP contribution < -0.4 is 5.32 Å². The number of hydrogen-bond acceptors (Lipinski definition) is 4. The molecule has 0 atom stereocenters. The van der Waals surface area contributed by atoms with E-state index < -0.39 is 18.5 Å². The van der Waals surface area contributed by atoms with Gasteiger partial charge in [0.15, 0.2) is 6.61 Å². The van der Waals surface area contributed by atoms with E-state index in [4.69, 9.17) is 4.74 Å². The van der Waals surface area contributed by atoms with Gasteiger partial charge >= 0.3 is 5.97 Å². The van der Waals surface area contributed by atoms with Gasteiger partial charge in [-0.3, -0.25) is 4.79 Å². The van der Waals surface area contributed by atoms with E-state index in [1.54, 1.807) is 24.3 Å². The third kappa shape index (κ3) is 3.77. The Morgan fingerprint density at radius 2 is 1.84 bits per heavy atom. The zero-order valence-electron chi connectivity index (χ0n) is 13.7. The Kier molecular flexibility index (Phi) is 4.66. The molecule has 2 N–H and O–H groups in total. The van der Waals surface area contributed by atoms with Crippen molar-refractivity contribution in [3.05, 3.63) is 71.8 Å². The molecule has 0 saturated heterocycles. The average molecular weight is 335 g/mol. The Balaban J connectivity index is 1.66. The molecule has 5 nitrogen and oxygen atoms in total. The lowest BCUT2D eigenvalue weighted by molar-refractivity contribution is -0.119. The number of carbonyl (C=O) groups is 2. The summed E-state index contributed by atoms with van der Waals surface area (Å²) in [4.78, 5) is 24.1. The number of phenols is 1. The molecule has 0 aliphatic carbocycles. The van der Waals surface area contributed by atoms with Gasteiger partial charge in [0.2, 0.25) is 0 Å². The molecule has 0 unspecified atom stereocenters. The fourth-order valence-corrected chi connectivity index (χ4v) is 2.55. The number of carbonyl (C=O) groups excluding carboxylic acids is 2. The van der Waals surface area contributed by atoms with Gasteiger partial charge in [-0.25, -0.2) is 4.79 Å². The van der Waals surface area contributed by atoms with Crippen molar-refractivity contribution < 1.29 is 19.4 Å². The number of amides is 1. The van der Waals surface area contributed by atoms with E-state index in [9.17, 15) is 14.7 Å². The molecule has 0 saturated carbocycles. The number of esters is 1. The molecule has 0 aliphatic heterocycles. The van der Waals surface area contributed by atoms with Gasteiger partial charge in [0, 0.05) is 11.1 Å². The summed E-state index contributed by atoms with van der Waals surface area (Å²) < 4.78 is 5.01. The zero-order chi connectivity index (χ0) is 17.8. The number of ether oxygens (including phenoxy) is 1. The summed E-state index contributed by atoms with van der Waals surface area (Å²) in [5.41, 5.74) is 1.67. The van der Waals surface area contributed by atoms with Crippen LogP contribution in [-0.4, -0.2) is 23.6 Å². The van der Waals surface area contributed by atoms with Crippen molar-refractivity contribution >= 4 is 28.3 Å². The molecule has 1 amide bonds. The molecular formula is C20H17NO4. The van der Waals surface area contributed by atoms with Crippen LogP contribution in [-0.2, 0) is 9.53 Å². The van der Waals surface area contributed by atoms with Gasteiger partial charge in [-0.2, -0.15) is 0 Å². The molecule has 0 bridgehead atoms. The van der Waals surface area contributed by atoms with Crippen LogP contribution in [0.4, 0.5) is 5.69 Å². The first kappa shape index (κ1) is 16.5. The molecule has 3 rings (SSSR count). The van der Waals surface area contributed by atoms with Gasteiger partial charge < -0.3 is 15.2 Å². The maximum Gasteiger partial charge on any atom is 0.342 e. The zero-order valence-corrected chi connectivity index (χ0v) is 13.7. The first-order valence-corrected chi connectivity index (χ1v) is 7.79. The van der Waals surface area contributed by atoms with Crippen LogP contribution in [0, 0.1) is 6.92 Å². The lowest BCUT2D eigenvalue weighted by Gasteiger charge is -2.09. The van der Waals surface area contributed by atoms with Crippen LogP contribution in [0.2, 0.25) is 0 Å². The second-order valence-corrected chi connectivity index (χ2v) is 5.68. The molecule has 3 aromatic carbocycles. The molecule has 0 fully saturated rings. The number of phenolic OH excluding ortho intramolecular Hbond substituents is 1. The lowest BCUT2D eigenvalue weighted by Crippen LogP contribution is -2.21. The van der Waals surface area contributed by atoms with Gasteiger partial charge in [-0.15, -0.1) is 0 Å². The summed E-state index contributed by atoms with van der Waals surface area (Å²) in [7, 11) is 0. The van der Waals surface area contributed by atoms with Gasteiger partial charge in [-0.05, 0) is 36.1 Å². The van der Waals surface area contributed by atoms with E-state index in [0.29, 0.717) is 11.1 Å². The highest BCUT2D eigenvalue weighted by atomic mass is 16.5. The highest BCUT2D eigenvalue weighted by molar-refractivity contribution is 6.02. The van der Waals surface area contributed by atoms with Crippen LogP contribution in [0.1, 0.15) is 15.9 Å². The number of anilines is 1. The Labute approximate surface area is 144 Å². The summed E-state index contributed by atoms with van der Waals surface area (Å²) in [6, 6.07) is 17.7. The standard InChI is InChI=1S/C20H17NO4/c1-13-5-4-7-15(11-13)21-18(22)12-25-20(24)17-10-9-14-6-2-3-8-16(14)19(17)23/h2-11,23H,12H2,1H3,(H,21,22). The van der Waals surface area contributed by atoms with Crippen LogP contribution >= 0.6 is 0 Å². The van der Waals surface area contributed by atoms with Crippen molar-refractivity contribution in [2.75, 3.05) is 11.9 Å². The Bertz CT molecular complexity index is 949. The van der Waals surface area contributed by atoms with E-state index in [0.717, 1.165) is 10.9 Å². The molecule has 0 aromatic heterocycles. The van der Waals surface area contributed by atoms with E-state index in [1.807, 2.05) is 37.3 Å². The maximum absolute atomic E-state index is 12.2. The molecular weight excluding hydrogens is 318 g/mol. The summed E-state index contributed by atoms with van der Waals surface area (Å²) in [6.45, 7) is 1.48. The predicted molar refractivity (Wildman–Crippen MR) is 95.7 cm³/mol. The normalized spacial score (nSPS) is 10.4. The average Bonchev–Trinajstić information content (AvgIpc) is 2.60. The first-order valence-electron chi connectivity index (χ1n) is 7.79.